The zero-order valence-electron chi connectivity index (χ0n) is 10.7. The number of phenolic OH excluding ortho intramolecular Hbond substituents is 1. The van der Waals surface area contributed by atoms with Crippen LogP contribution in [0.5, 0.6) is 5.75 Å². The van der Waals surface area contributed by atoms with E-state index in [1.165, 1.54) is 5.56 Å². The number of benzene rings is 1. The molecule has 3 nitrogen and oxygen atoms in total. The largest absolute Gasteiger partial charge is 0.508 e. The van der Waals surface area contributed by atoms with Crippen molar-refractivity contribution < 1.29 is 10.2 Å². The molecule has 96 valence electrons. The molecule has 0 spiro atoms. The monoisotopic (exact) mass is 237 g/mol. The Morgan fingerprint density at radius 3 is 2.35 bits per heavy atom. The fourth-order valence-electron chi connectivity index (χ4n) is 1.69. The number of aryl methyl sites for hydroxylation is 1. The van der Waals surface area contributed by atoms with Crippen LogP contribution >= 0.6 is 0 Å². The van der Waals surface area contributed by atoms with E-state index in [1.807, 2.05) is 19.1 Å². The summed E-state index contributed by atoms with van der Waals surface area (Å²) in [7, 11) is 0. The standard InChI is InChI=1S/C14H23NO2/c1-11(15-10-9-12(2)16)3-4-13-5-7-14(17)8-6-13/h5-8,11-12,15-17H,3-4,9-10H2,1-2H3. The average molecular weight is 237 g/mol. The quantitative estimate of drug-likeness (QED) is 0.680. The van der Waals surface area contributed by atoms with Crippen LogP contribution in [-0.2, 0) is 6.42 Å². The third-order valence-electron chi connectivity index (χ3n) is 2.86. The lowest BCUT2D eigenvalue weighted by Crippen LogP contribution is -2.29. The summed E-state index contributed by atoms with van der Waals surface area (Å²) in [5, 5.41) is 21.7. The Morgan fingerprint density at radius 1 is 1.12 bits per heavy atom. The van der Waals surface area contributed by atoms with E-state index in [0.29, 0.717) is 11.8 Å². The molecule has 0 bridgehead atoms. The Morgan fingerprint density at radius 2 is 1.76 bits per heavy atom. The van der Waals surface area contributed by atoms with Crippen molar-refractivity contribution in [2.24, 2.45) is 0 Å². The predicted octanol–water partition coefficient (Wildman–Crippen LogP) is 2.07. The van der Waals surface area contributed by atoms with Gasteiger partial charge in [0, 0.05) is 6.04 Å². The number of aliphatic hydroxyl groups is 1. The van der Waals surface area contributed by atoms with Gasteiger partial charge in [0.2, 0.25) is 0 Å². The van der Waals surface area contributed by atoms with Crippen LogP contribution in [0.1, 0.15) is 32.3 Å². The SMILES string of the molecule is CC(O)CCNC(C)CCc1ccc(O)cc1. The topological polar surface area (TPSA) is 52.5 Å². The van der Waals surface area contributed by atoms with Crippen molar-refractivity contribution in [1.82, 2.24) is 5.32 Å². The van der Waals surface area contributed by atoms with Gasteiger partial charge in [-0.15, -0.1) is 0 Å². The number of aromatic hydroxyl groups is 1. The molecule has 0 fully saturated rings. The lowest BCUT2D eigenvalue weighted by Gasteiger charge is -2.14. The normalized spacial score (nSPS) is 14.5. The Balaban J connectivity index is 2.19. The average Bonchev–Trinajstić information content (AvgIpc) is 2.28. The van der Waals surface area contributed by atoms with Crippen LogP contribution in [-0.4, -0.2) is 28.9 Å². The van der Waals surface area contributed by atoms with E-state index in [2.05, 4.69) is 12.2 Å². The highest BCUT2D eigenvalue weighted by atomic mass is 16.3. The molecule has 17 heavy (non-hydrogen) atoms. The van der Waals surface area contributed by atoms with Gasteiger partial charge in [0.15, 0.2) is 0 Å². The van der Waals surface area contributed by atoms with E-state index < -0.39 is 0 Å². The summed E-state index contributed by atoms with van der Waals surface area (Å²) in [5.74, 6) is 0.317. The fourth-order valence-corrected chi connectivity index (χ4v) is 1.69. The molecule has 0 radical (unpaired) electrons. The number of phenols is 1. The minimum atomic E-state index is -0.230. The molecule has 0 aliphatic heterocycles. The highest BCUT2D eigenvalue weighted by molar-refractivity contribution is 5.25. The summed E-state index contributed by atoms with van der Waals surface area (Å²) in [5.41, 5.74) is 1.24. The molecule has 0 saturated carbocycles. The number of aliphatic hydroxyl groups excluding tert-OH is 1. The minimum absolute atomic E-state index is 0.230. The third kappa shape index (κ3) is 6.29. The summed E-state index contributed by atoms with van der Waals surface area (Å²) in [4.78, 5) is 0. The predicted molar refractivity (Wildman–Crippen MR) is 70.2 cm³/mol. The molecule has 2 unspecified atom stereocenters. The second-order valence-corrected chi connectivity index (χ2v) is 4.70. The molecule has 3 N–H and O–H groups in total. The maximum atomic E-state index is 9.17. The molecule has 1 aromatic carbocycles. The molecule has 0 aliphatic rings. The Labute approximate surface area is 103 Å². The summed E-state index contributed by atoms with van der Waals surface area (Å²) >= 11 is 0. The van der Waals surface area contributed by atoms with Crippen molar-refractivity contribution in [2.45, 2.75) is 45.3 Å². The van der Waals surface area contributed by atoms with E-state index in [1.54, 1.807) is 12.1 Å². The smallest absolute Gasteiger partial charge is 0.115 e. The van der Waals surface area contributed by atoms with Crippen LogP contribution < -0.4 is 5.32 Å². The molecule has 0 aliphatic carbocycles. The highest BCUT2D eigenvalue weighted by Gasteiger charge is 2.03. The fraction of sp³-hybridized carbons (Fsp3) is 0.571. The van der Waals surface area contributed by atoms with E-state index in [-0.39, 0.29) is 6.10 Å². The second-order valence-electron chi connectivity index (χ2n) is 4.70. The first kappa shape index (κ1) is 14.0. The Bertz CT molecular complexity index is 309. The molecule has 0 amide bonds. The van der Waals surface area contributed by atoms with Crippen molar-refractivity contribution >= 4 is 0 Å². The van der Waals surface area contributed by atoms with Crippen molar-refractivity contribution in [1.29, 1.82) is 0 Å². The van der Waals surface area contributed by atoms with Crippen LogP contribution in [0.15, 0.2) is 24.3 Å². The van der Waals surface area contributed by atoms with Gasteiger partial charge < -0.3 is 15.5 Å². The van der Waals surface area contributed by atoms with Crippen LogP contribution in [0, 0.1) is 0 Å². The van der Waals surface area contributed by atoms with Crippen LogP contribution in [0.2, 0.25) is 0 Å². The van der Waals surface area contributed by atoms with Crippen molar-refractivity contribution in [2.75, 3.05) is 6.54 Å². The number of hydrogen-bond donors (Lipinski definition) is 3. The van der Waals surface area contributed by atoms with Crippen LogP contribution in [0.25, 0.3) is 0 Å². The van der Waals surface area contributed by atoms with Crippen LogP contribution in [0.4, 0.5) is 0 Å². The molecular formula is C14H23NO2. The minimum Gasteiger partial charge on any atom is -0.508 e. The molecule has 2 atom stereocenters. The second kappa shape index (κ2) is 7.30. The van der Waals surface area contributed by atoms with Crippen molar-refractivity contribution in [3.05, 3.63) is 29.8 Å². The Hall–Kier alpha value is -1.06. The molecule has 0 aromatic heterocycles. The van der Waals surface area contributed by atoms with E-state index in [9.17, 15) is 0 Å². The summed E-state index contributed by atoms with van der Waals surface area (Å²) in [6.45, 7) is 4.82. The Kier molecular flexibility index (Phi) is 6.01. The summed E-state index contributed by atoms with van der Waals surface area (Å²) in [6, 6.07) is 7.81. The lowest BCUT2D eigenvalue weighted by molar-refractivity contribution is 0.182. The first-order valence-electron chi connectivity index (χ1n) is 6.27. The molecular weight excluding hydrogens is 214 g/mol. The first-order chi connectivity index (χ1) is 8.08. The summed E-state index contributed by atoms with van der Waals surface area (Å²) in [6.07, 6.45) is 2.63. The highest BCUT2D eigenvalue weighted by Crippen LogP contribution is 2.11. The van der Waals surface area contributed by atoms with E-state index in [4.69, 9.17) is 10.2 Å². The van der Waals surface area contributed by atoms with Gasteiger partial charge in [-0.3, -0.25) is 0 Å². The van der Waals surface area contributed by atoms with Crippen LogP contribution in [0.3, 0.4) is 0 Å². The van der Waals surface area contributed by atoms with E-state index in [0.717, 1.165) is 25.8 Å². The molecule has 3 heteroatoms. The van der Waals surface area contributed by atoms with Crippen molar-refractivity contribution in [3.63, 3.8) is 0 Å². The number of nitrogens with one attached hydrogen (secondary N) is 1. The van der Waals surface area contributed by atoms with Gasteiger partial charge in [-0.25, -0.2) is 0 Å². The maximum Gasteiger partial charge on any atom is 0.115 e. The van der Waals surface area contributed by atoms with Gasteiger partial charge in [0.05, 0.1) is 6.10 Å². The van der Waals surface area contributed by atoms with Gasteiger partial charge >= 0.3 is 0 Å². The zero-order chi connectivity index (χ0) is 12.7. The summed E-state index contributed by atoms with van der Waals surface area (Å²) < 4.78 is 0. The van der Waals surface area contributed by atoms with Gasteiger partial charge in [0.1, 0.15) is 5.75 Å². The molecule has 0 saturated heterocycles. The van der Waals surface area contributed by atoms with Gasteiger partial charge in [-0.1, -0.05) is 12.1 Å². The number of rotatable bonds is 7. The lowest BCUT2D eigenvalue weighted by atomic mass is 10.1. The number of hydrogen-bond acceptors (Lipinski definition) is 3. The molecule has 1 aromatic rings. The first-order valence-corrected chi connectivity index (χ1v) is 6.27. The molecule has 1 rings (SSSR count). The van der Waals surface area contributed by atoms with Gasteiger partial charge in [-0.05, 0) is 57.4 Å². The molecule has 0 heterocycles. The van der Waals surface area contributed by atoms with E-state index >= 15 is 0 Å². The van der Waals surface area contributed by atoms with Gasteiger partial charge in [-0.2, -0.15) is 0 Å². The van der Waals surface area contributed by atoms with Gasteiger partial charge in [0.25, 0.3) is 0 Å². The van der Waals surface area contributed by atoms with Crippen molar-refractivity contribution in [3.8, 4) is 5.75 Å². The zero-order valence-corrected chi connectivity index (χ0v) is 10.7. The third-order valence-corrected chi connectivity index (χ3v) is 2.86. The maximum absolute atomic E-state index is 9.17.